The van der Waals surface area contributed by atoms with Crippen LogP contribution in [0.2, 0.25) is 0 Å². The van der Waals surface area contributed by atoms with Gasteiger partial charge in [0.15, 0.2) is 0 Å². The number of likely N-dealkylation sites (tertiary alicyclic amines) is 1. The summed E-state index contributed by atoms with van der Waals surface area (Å²) in [5.74, 6) is -0.134. The van der Waals surface area contributed by atoms with Crippen molar-refractivity contribution < 1.29 is 9.59 Å². The number of rotatable bonds is 3. The fourth-order valence-corrected chi connectivity index (χ4v) is 3.00. The zero-order chi connectivity index (χ0) is 13.7. The summed E-state index contributed by atoms with van der Waals surface area (Å²) in [5.41, 5.74) is 5.38. The molecule has 2 rings (SSSR count). The van der Waals surface area contributed by atoms with Crippen molar-refractivity contribution >= 4 is 11.8 Å². The van der Waals surface area contributed by atoms with Crippen LogP contribution in [0.5, 0.6) is 0 Å². The Kier molecular flexibility index (Phi) is 4.80. The molecule has 108 valence electrons. The number of piperidine rings is 1. The van der Waals surface area contributed by atoms with Crippen LogP contribution in [0.3, 0.4) is 0 Å². The molecule has 2 aliphatic rings. The molecule has 1 aliphatic heterocycles. The van der Waals surface area contributed by atoms with E-state index in [2.05, 4.69) is 5.32 Å². The quantitative estimate of drug-likeness (QED) is 0.793. The first-order valence-corrected chi connectivity index (χ1v) is 7.47. The third kappa shape index (κ3) is 3.69. The molecule has 1 saturated heterocycles. The third-order valence-electron chi connectivity index (χ3n) is 4.31. The topological polar surface area (TPSA) is 75.4 Å². The van der Waals surface area contributed by atoms with Crippen LogP contribution in [-0.2, 0) is 9.59 Å². The fraction of sp³-hybridized carbons (Fsp3) is 0.857. The molecule has 5 nitrogen and oxygen atoms in total. The summed E-state index contributed by atoms with van der Waals surface area (Å²) < 4.78 is 0. The molecule has 0 aromatic carbocycles. The van der Waals surface area contributed by atoms with E-state index in [1.807, 2.05) is 4.90 Å². The SMILES string of the molecule is NC1(C(=O)NCC(=O)N2CCCCC2)CCCCC1. The molecular formula is C14H25N3O2. The second-order valence-corrected chi connectivity index (χ2v) is 5.84. The minimum atomic E-state index is -0.750. The van der Waals surface area contributed by atoms with Crippen LogP contribution in [0.15, 0.2) is 0 Å². The minimum absolute atomic E-state index is 0.0208. The molecule has 1 heterocycles. The summed E-state index contributed by atoms with van der Waals surface area (Å²) >= 11 is 0. The van der Waals surface area contributed by atoms with Crippen LogP contribution in [-0.4, -0.2) is 41.9 Å². The van der Waals surface area contributed by atoms with Crippen molar-refractivity contribution in [2.75, 3.05) is 19.6 Å². The number of carbonyl (C=O) groups is 2. The number of hydrogen-bond donors (Lipinski definition) is 2. The van der Waals surface area contributed by atoms with Crippen LogP contribution >= 0.6 is 0 Å². The summed E-state index contributed by atoms with van der Waals surface area (Å²) in [5, 5.41) is 2.73. The fourth-order valence-electron chi connectivity index (χ4n) is 3.00. The van der Waals surface area contributed by atoms with Gasteiger partial charge in [0.2, 0.25) is 11.8 Å². The van der Waals surface area contributed by atoms with Crippen molar-refractivity contribution in [3.05, 3.63) is 0 Å². The first kappa shape index (κ1) is 14.3. The maximum Gasteiger partial charge on any atom is 0.241 e. The molecular weight excluding hydrogens is 242 g/mol. The number of hydrogen-bond acceptors (Lipinski definition) is 3. The Morgan fingerprint density at radius 2 is 1.58 bits per heavy atom. The monoisotopic (exact) mass is 267 g/mol. The molecule has 0 aromatic rings. The van der Waals surface area contributed by atoms with Crippen molar-refractivity contribution in [2.24, 2.45) is 5.73 Å². The highest BCUT2D eigenvalue weighted by atomic mass is 16.2. The zero-order valence-corrected chi connectivity index (χ0v) is 11.6. The molecule has 0 aromatic heterocycles. The Labute approximate surface area is 114 Å². The second kappa shape index (κ2) is 6.37. The molecule has 5 heteroatoms. The number of nitrogens with one attached hydrogen (secondary N) is 1. The molecule has 0 atom stereocenters. The predicted octanol–water partition coefficient (Wildman–Crippen LogP) is 0.777. The van der Waals surface area contributed by atoms with E-state index in [9.17, 15) is 9.59 Å². The molecule has 1 saturated carbocycles. The lowest BCUT2D eigenvalue weighted by Crippen LogP contribution is -2.56. The van der Waals surface area contributed by atoms with Crippen molar-refractivity contribution in [1.82, 2.24) is 10.2 Å². The number of nitrogens with zero attached hydrogens (tertiary/aromatic N) is 1. The summed E-state index contributed by atoms with van der Waals surface area (Å²) in [7, 11) is 0. The average Bonchev–Trinajstić information content (AvgIpc) is 2.46. The Bertz CT molecular complexity index is 332. The molecule has 0 bridgehead atoms. The van der Waals surface area contributed by atoms with Gasteiger partial charge in [-0.2, -0.15) is 0 Å². The largest absolute Gasteiger partial charge is 0.345 e. The lowest BCUT2D eigenvalue weighted by molar-refractivity contribution is -0.135. The van der Waals surface area contributed by atoms with Gasteiger partial charge in [-0.15, -0.1) is 0 Å². The molecule has 1 aliphatic carbocycles. The highest BCUT2D eigenvalue weighted by molar-refractivity contribution is 5.90. The van der Waals surface area contributed by atoms with Gasteiger partial charge in [0.05, 0.1) is 12.1 Å². The van der Waals surface area contributed by atoms with Gasteiger partial charge in [-0.25, -0.2) is 0 Å². The highest BCUT2D eigenvalue weighted by Gasteiger charge is 2.35. The summed E-state index contributed by atoms with van der Waals surface area (Å²) in [6.07, 6.45) is 7.96. The van der Waals surface area contributed by atoms with Gasteiger partial charge in [-0.1, -0.05) is 19.3 Å². The summed E-state index contributed by atoms with van der Waals surface area (Å²) in [4.78, 5) is 25.9. The zero-order valence-electron chi connectivity index (χ0n) is 11.6. The van der Waals surface area contributed by atoms with Gasteiger partial charge in [-0.3, -0.25) is 9.59 Å². The van der Waals surface area contributed by atoms with Gasteiger partial charge in [0.1, 0.15) is 0 Å². The second-order valence-electron chi connectivity index (χ2n) is 5.84. The minimum Gasteiger partial charge on any atom is -0.345 e. The van der Waals surface area contributed by atoms with Gasteiger partial charge < -0.3 is 16.0 Å². The van der Waals surface area contributed by atoms with Crippen LogP contribution in [0.4, 0.5) is 0 Å². The molecule has 3 N–H and O–H groups in total. The van der Waals surface area contributed by atoms with Gasteiger partial charge in [-0.05, 0) is 32.1 Å². The molecule has 0 radical (unpaired) electrons. The van der Waals surface area contributed by atoms with E-state index in [4.69, 9.17) is 5.73 Å². The Morgan fingerprint density at radius 1 is 1.00 bits per heavy atom. The van der Waals surface area contributed by atoms with Crippen LogP contribution in [0.1, 0.15) is 51.4 Å². The molecule has 19 heavy (non-hydrogen) atoms. The smallest absolute Gasteiger partial charge is 0.241 e. The van der Waals surface area contributed by atoms with Crippen LogP contribution < -0.4 is 11.1 Å². The first-order valence-electron chi connectivity index (χ1n) is 7.47. The maximum atomic E-state index is 12.1. The summed E-state index contributed by atoms with van der Waals surface area (Å²) in [6.45, 7) is 1.74. The van der Waals surface area contributed by atoms with Crippen LogP contribution in [0.25, 0.3) is 0 Å². The van der Waals surface area contributed by atoms with E-state index in [0.717, 1.165) is 58.0 Å². The standard InChI is InChI=1S/C14H25N3O2/c15-14(7-3-1-4-8-14)13(19)16-11-12(18)17-9-5-2-6-10-17/h1-11,15H2,(H,16,19). The van der Waals surface area contributed by atoms with E-state index >= 15 is 0 Å². The first-order chi connectivity index (χ1) is 9.12. The van der Waals surface area contributed by atoms with Gasteiger partial charge in [0, 0.05) is 13.1 Å². The van der Waals surface area contributed by atoms with Crippen molar-refractivity contribution in [3.8, 4) is 0 Å². The van der Waals surface area contributed by atoms with E-state index in [1.54, 1.807) is 0 Å². The van der Waals surface area contributed by atoms with E-state index in [0.29, 0.717) is 0 Å². The van der Waals surface area contributed by atoms with E-state index in [1.165, 1.54) is 6.42 Å². The van der Waals surface area contributed by atoms with Crippen molar-refractivity contribution in [1.29, 1.82) is 0 Å². The Hall–Kier alpha value is -1.10. The highest BCUT2D eigenvalue weighted by Crippen LogP contribution is 2.25. The van der Waals surface area contributed by atoms with Gasteiger partial charge in [0.25, 0.3) is 0 Å². The maximum absolute atomic E-state index is 12.1. The predicted molar refractivity (Wildman–Crippen MR) is 73.4 cm³/mol. The van der Waals surface area contributed by atoms with E-state index < -0.39 is 5.54 Å². The lowest BCUT2D eigenvalue weighted by Gasteiger charge is -2.32. The van der Waals surface area contributed by atoms with E-state index in [-0.39, 0.29) is 18.4 Å². The average molecular weight is 267 g/mol. The van der Waals surface area contributed by atoms with Gasteiger partial charge >= 0.3 is 0 Å². The number of amides is 2. The Morgan fingerprint density at radius 3 is 2.21 bits per heavy atom. The lowest BCUT2D eigenvalue weighted by atomic mass is 9.82. The van der Waals surface area contributed by atoms with Crippen molar-refractivity contribution in [3.63, 3.8) is 0 Å². The number of carbonyl (C=O) groups excluding carboxylic acids is 2. The normalized spacial score (nSPS) is 22.9. The number of nitrogens with two attached hydrogens (primary N) is 1. The molecule has 0 spiro atoms. The van der Waals surface area contributed by atoms with Crippen molar-refractivity contribution in [2.45, 2.75) is 56.9 Å². The summed E-state index contributed by atoms with van der Waals surface area (Å²) in [6, 6.07) is 0. The Balaban J connectivity index is 1.77. The molecule has 0 unspecified atom stereocenters. The van der Waals surface area contributed by atoms with Crippen LogP contribution in [0, 0.1) is 0 Å². The molecule has 2 fully saturated rings. The molecule has 2 amide bonds. The third-order valence-corrected chi connectivity index (χ3v) is 4.31.